The average Bonchev–Trinajstić information content (AvgIpc) is 2.30. The van der Waals surface area contributed by atoms with Gasteiger partial charge in [0.15, 0.2) is 0 Å². The van der Waals surface area contributed by atoms with Crippen LogP contribution in [0, 0.1) is 5.92 Å². The lowest BCUT2D eigenvalue weighted by atomic mass is 9.83. The van der Waals surface area contributed by atoms with Crippen molar-refractivity contribution in [2.75, 3.05) is 7.11 Å². The number of esters is 1. The van der Waals surface area contributed by atoms with Crippen LogP contribution in [0.1, 0.15) is 44.9 Å². The normalized spacial score (nSPS) is 21.4. The SMILES string of the molecule is COC(=O)C[C@H](O)[C@@H](N)CC1CCCCC1. The Morgan fingerprint density at radius 2 is 2.06 bits per heavy atom. The lowest BCUT2D eigenvalue weighted by molar-refractivity contribution is -0.143. The Hall–Kier alpha value is -0.610. The van der Waals surface area contributed by atoms with Crippen molar-refractivity contribution < 1.29 is 14.6 Å². The van der Waals surface area contributed by atoms with Gasteiger partial charge in [0, 0.05) is 6.04 Å². The summed E-state index contributed by atoms with van der Waals surface area (Å²) in [5.41, 5.74) is 5.89. The van der Waals surface area contributed by atoms with Crippen molar-refractivity contribution >= 4 is 5.97 Å². The molecule has 0 aromatic rings. The van der Waals surface area contributed by atoms with Gasteiger partial charge < -0.3 is 15.6 Å². The predicted octanol–water partition coefficient (Wildman–Crippen LogP) is 1.21. The zero-order valence-corrected chi connectivity index (χ0v) is 10.0. The lowest BCUT2D eigenvalue weighted by Gasteiger charge is -2.26. The molecule has 0 radical (unpaired) electrons. The number of ether oxygens (including phenoxy) is 1. The largest absolute Gasteiger partial charge is 0.469 e. The highest BCUT2D eigenvalue weighted by molar-refractivity contribution is 5.69. The highest BCUT2D eigenvalue weighted by Gasteiger charge is 2.23. The van der Waals surface area contributed by atoms with Gasteiger partial charge in [0.25, 0.3) is 0 Å². The van der Waals surface area contributed by atoms with Crippen molar-refractivity contribution in [1.29, 1.82) is 0 Å². The Balaban J connectivity index is 2.26. The van der Waals surface area contributed by atoms with Crippen molar-refractivity contribution in [3.63, 3.8) is 0 Å². The topological polar surface area (TPSA) is 72.5 Å². The molecule has 0 bridgehead atoms. The minimum atomic E-state index is -0.769. The minimum absolute atomic E-state index is 0.00435. The van der Waals surface area contributed by atoms with E-state index in [0.29, 0.717) is 5.92 Å². The molecule has 1 aliphatic rings. The second-order valence-corrected chi connectivity index (χ2v) is 4.75. The second kappa shape index (κ2) is 6.86. The first kappa shape index (κ1) is 13.5. The molecule has 1 saturated carbocycles. The predicted molar refractivity (Wildman–Crippen MR) is 61.8 cm³/mol. The third-order valence-corrected chi connectivity index (χ3v) is 3.43. The Morgan fingerprint density at radius 3 is 2.62 bits per heavy atom. The highest BCUT2D eigenvalue weighted by atomic mass is 16.5. The highest BCUT2D eigenvalue weighted by Crippen LogP contribution is 2.27. The van der Waals surface area contributed by atoms with Crippen LogP contribution in [0.2, 0.25) is 0 Å². The van der Waals surface area contributed by atoms with Crippen LogP contribution in [0.25, 0.3) is 0 Å². The van der Waals surface area contributed by atoms with Crippen LogP contribution in [0.3, 0.4) is 0 Å². The molecule has 0 aromatic heterocycles. The molecule has 0 aliphatic heterocycles. The van der Waals surface area contributed by atoms with Gasteiger partial charge in [-0.2, -0.15) is 0 Å². The number of aliphatic hydroxyl groups excluding tert-OH is 1. The Bertz CT molecular complexity index is 214. The first-order valence-electron chi connectivity index (χ1n) is 6.14. The van der Waals surface area contributed by atoms with Crippen molar-refractivity contribution in [2.45, 2.75) is 57.1 Å². The number of hydrogen-bond acceptors (Lipinski definition) is 4. The Morgan fingerprint density at radius 1 is 1.44 bits per heavy atom. The third-order valence-electron chi connectivity index (χ3n) is 3.43. The summed E-state index contributed by atoms with van der Waals surface area (Å²) < 4.78 is 4.51. The van der Waals surface area contributed by atoms with Crippen LogP contribution in [-0.4, -0.2) is 30.3 Å². The van der Waals surface area contributed by atoms with Crippen LogP contribution in [0.15, 0.2) is 0 Å². The number of nitrogens with two attached hydrogens (primary N) is 1. The number of hydrogen-bond donors (Lipinski definition) is 2. The van der Waals surface area contributed by atoms with E-state index in [1.54, 1.807) is 0 Å². The van der Waals surface area contributed by atoms with Gasteiger partial charge >= 0.3 is 5.97 Å². The first-order valence-corrected chi connectivity index (χ1v) is 6.14. The molecule has 0 unspecified atom stereocenters. The third kappa shape index (κ3) is 4.49. The van der Waals surface area contributed by atoms with Gasteiger partial charge in [0.05, 0.1) is 19.6 Å². The summed E-state index contributed by atoms with van der Waals surface area (Å²) in [5.74, 6) is 0.225. The van der Waals surface area contributed by atoms with Crippen molar-refractivity contribution in [1.82, 2.24) is 0 Å². The first-order chi connectivity index (χ1) is 7.63. The van der Waals surface area contributed by atoms with Gasteiger partial charge in [-0.25, -0.2) is 0 Å². The summed E-state index contributed by atoms with van der Waals surface area (Å²) in [6.45, 7) is 0. The number of rotatable bonds is 5. The molecule has 0 spiro atoms. The number of carbonyl (C=O) groups is 1. The van der Waals surface area contributed by atoms with E-state index in [9.17, 15) is 9.90 Å². The Kier molecular flexibility index (Phi) is 5.77. The quantitative estimate of drug-likeness (QED) is 0.695. The minimum Gasteiger partial charge on any atom is -0.469 e. The smallest absolute Gasteiger partial charge is 0.308 e. The van der Waals surface area contributed by atoms with Gasteiger partial charge in [0.2, 0.25) is 0 Å². The maximum absolute atomic E-state index is 11.0. The van der Waals surface area contributed by atoms with E-state index in [4.69, 9.17) is 5.73 Å². The average molecular weight is 229 g/mol. The molecule has 1 rings (SSSR count). The fourth-order valence-corrected chi connectivity index (χ4v) is 2.37. The molecule has 16 heavy (non-hydrogen) atoms. The van der Waals surface area contributed by atoms with Gasteiger partial charge in [-0.1, -0.05) is 32.1 Å². The summed E-state index contributed by atoms with van der Waals surface area (Å²) in [5, 5.41) is 9.72. The molecule has 4 heteroatoms. The van der Waals surface area contributed by atoms with E-state index in [2.05, 4.69) is 4.74 Å². The van der Waals surface area contributed by atoms with Crippen LogP contribution < -0.4 is 5.73 Å². The van der Waals surface area contributed by atoms with Crippen LogP contribution in [0.5, 0.6) is 0 Å². The maximum atomic E-state index is 11.0. The molecule has 0 amide bonds. The number of aliphatic hydroxyl groups is 1. The van der Waals surface area contributed by atoms with E-state index < -0.39 is 12.1 Å². The molecule has 0 aromatic carbocycles. The Labute approximate surface area is 97.2 Å². The number of carbonyl (C=O) groups excluding carboxylic acids is 1. The molecular weight excluding hydrogens is 206 g/mol. The van der Waals surface area contributed by atoms with E-state index in [1.807, 2.05) is 0 Å². The van der Waals surface area contributed by atoms with E-state index in [-0.39, 0.29) is 12.5 Å². The molecule has 1 fully saturated rings. The fourth-order valence-electron chi connectivity index (χ4n) is 2.37. The zero-order valence-electron chi connectivity index (χ0n) is 10.0. The zero-order chi connectivity index (χ0) is 12.0. The summed E-state index contributed by atoms with van der Waals surface area (Å²) >= 11 is 0. The van der Waals surface area contributed by atoms with E-state index in [1.165, 1.54) is 39.2 Å². The summed E-state index contributed by atoms with van der Waals surface area (Å²) in [6, 6.07) is -0.304. The van der Waals surface area contributed by atoms with E-state index >= 15 is 0 Å². The molecule has 0 heterocycles. The summed E-state index contributed by atoms with van der Waals surface area (Å²) in [4.78, 5) is 11.0. The van der Waals surface area contributed by atoms with Gasteiger partial charge in [-0.15, -0.1) is 0 Å². The molecule has 2 atom stereocenters. The maximum Gasteiger partial charge on any atom is 0.308 e. The molecule has 4 nitrogen and oxygen atoms in total. The molecule has 94 valence electrons. The number of methoxy groups -OCH3 is 1. The lowest BCUT2D eigenvalue weighted by Crippen LogP contribution is -2.38. The molecule has 3 N–H and O–H groups in total. The van der Waals surface area contributed by atoms with Crippen LogP contribution in [-0.2, 0) is 9.53 Å². The van der Waals surface area contributed by atoms with Crippen LogP contribution in [0.4, 0.5) is 0 Å². The fraction of sp³-hybridized carbons (Fsp3) is 0.917. The standard InChI is InChI=1S/C12H23NO3/c1-16-12(15)8-11(14)10(13)7-9-5-3-2-4-6-9/h9-11,14H,2-8,13H2,1H3/t10-,11-/m0/s1. The summed E-state index contributed by atoms with van der Waals surface area (Å²) in [7, 11) is 1.32. The van der Waals surface area contributed by atoms with Crippen molar-refractivity contribution in [3.05, 3.63) is 0 Å². The van der Waals surface area contributed by atoms with Crippen LogP contribution >= 0.6 is 0 Å². The van der Waals surface area contributed by atoms with Gasteiger partial charge in [-0.05, 0) is 12.3 Å². The second-order valence-electron chi connectivity index (χ2n) is 4.75. The monoisotopic (exact) mass is 229 g/mol. The molecule has 0 saturated heterocycles. The van der Waals surface area contributed by atoms with Crippen molar-refractivity contribution in [3.8, 4) is 0 Å². The molecular formula is C12H23NO3. The van der Waals surface area contributed by atoms with Gasteiger partial charge in [0.1, 0.15) is 0 Å². The summed E-state index contributed by atoms with van der Waals surface area (Å²) in [6.07, 6.45) is 6.32. The van der Waals surface area contributed by atoms with Crippen molar-refractivity contribution in [2.24, 2.45) is 11.7 Å². The molecule has 1 aliphatic carbocycles. The van der Waals surface area contributed by atoms with E-state index in [0.717, 1.165) is 6.42 Å². The van der Waals surface area contributed by atoms with Gasteiger partial charge in [-0.3, -0.25) is 4.79 Å².